The smallest absolute Gasteiger partial charge is 0.287 e. The topological polar surface area (TPSA) is 102 Å². The Balaban J connectivity index is 1.81. The van der Waals surface area contributed by atoms with Crippen LogP contribution in [0.2, 0.25) is 15.1 Å². The van der Waals surface area contributed by atoms with Crippen LogP contribution in [0.5, 0.6) is 5.75 Å². The summed E-state index contributed by atoms with van der Waals surface area (Å²) in [4.78, 5) is 37.5. The largest absolute Gasteiger partial charge is 0.495 e. The summed E-state index contributed by atoms with van der Waals surface area (Å²) in [5.41, 5.74) is 0.916. The zero-order valence-electron chi connectivity index (χ0n) is 16.9. The van der Waals surface area contributed by atoms with E-state index in [2.05, 4.69) is 15.7 Å². The molecular formula is C21H17Cl3N4O4. The fourth-order valence-electron chi connectivity index (χ4n) is 2.79. The highest BCUT2D eigenvalue weighted by Crippen LogP contribution is 2.31. The van der Waals surface area contributed by atoms with E-state index in [1.165, 1.54) is 13.3 Å². The predicted molar refractivity (Wildman–Crippen MR) is 124 cm³/mol. The number of nitrogens with one attached hydrogen (secondary N) is 2. The van der Waals surface area contributed by atoms with Crippen molar-refractivity contribution in [3.63, 3.8) is 0 Å². The molecule has 2 aromatic carbocycles. The Morgan fingerprint density at radius 2 is 1.78 bits per heavy atom. The SMILES string of the molecule is COc1cc(Cl)c(C)cc1NC(=O)c1ccccc1NC(=O)Cn1ncc(Cl)c(Cl)c1=O. The van der Waals surface area contributed by atoms with E-state index in [0.29, 0.717) is 16.5 Å². The summed E-state index contributed by atoms with van der Waals surface area (Å²) in [6, 6.07) is 9.69. The number of anilines is 2. The molecule has 2 N–H and O–H groups in total. The second-order valence-corrected chi connectivity index (χ2v) is 7.81. The number of carbonyl (C=O) groups is 2. The number of nitrogens with zero attached hydrogens (tertiary/aromatic N) is 2. The molecule has 0 unspecified atom stereocenters. The maximum atomic E-state index is 12.9. The first-order valence-corrected chi connectivity index (χ1v) is 10.3. The summed E-state index contributed by atoms with van der Waals surface area (Å²) in [5.74, 6) is -0.676. The van der Waals surface area contributed by atoms with Gasteiger partial charge in [0.1, 0.15) is 17.3 Å². The van der Waals surface area contributed by atoms with Crippen LogP contribution < -0.4 is 20.9 Å². The van der Waals surface area contributed by atoms with E-state index in [1.54, 1.807) is 43.3 Å². The number of aromatic nitrogens is 2. The number of carbonyl (C=O) groups excluding carboxylic acids is 2. The highest BCUT2D eigenvalue weighted by atomic mass is 35.5. The molecule has 0 aliphatic rings. The molecule has 2 amide bonds. The van der Waals surface area contributed by atoms with Gasteiger partial charge in [-0.3, -0.25) is 14.4 Å². The average Bonchev–Trinajstić information content (AvgIpc) is 2.76. The minimum absolute atomic E-state index is 0.0109. The summed E-state index contributed by atoms with van der Waals surface area (Å²) < 4.78 is 6.15. The fourth-order valence-corrected chi connectivity index (χ4v) is 3.22. The van der Waals surface area contributed by atoms with Gasteiger partial charge >= 0.3 is 0 Å². The molecule has 0 spiro atoms. The van der Waals surface area contributed by atoms with Crippen LogP contribution in [0.15, 0.2) is 47.4 Å². The van der Waals surface area contributed by atoms with E-state index < -0.39 is 23.9 Å². The Bertz CT molecular complexity index is 1260. The van der Waals surface area contributed by atoms with Crippen molar-refractivity contribution in [2.45, 2.75) is 13.5 Å². The number of para-hydroxylation sites is 1. The zero-order chi connectivity index (χ0) is 23.4. The molecular weight excluding hydrogens is 479 g/mol. The Morgan fingerprint density at radius 3 is 2.50 bits per heavy atom. The Hall–Kier alpha value is -3.07. The van der Waals surface area contributed by atoms with Gasteiger partial charge in [0, 0.05) is 11.1 Å². The minimum Gasteiger partial charge on any atom is -0.495 e. The van der Waals surface area contributed by atoms with Crippen molar-refractivity contribution >= 4 is 58.0 Å². The summed E-state index contributed by atoms with van der Waals surface area (Å²) in [6.07, 6.45) is 1.17. The average molecular weight is 496 g/mol. The lowest BCUT2D eigenvalue weighted by Crippen LogP contribution is -2.30. The Morgan fingerprint density at radius 1 is 1.06 bits per heavy atom. The number of benzene rings is 2. The molecule has 0 radical (unpaired) electrons. The first kappa shape index (κ1) is 23.6. The highest BCUT2D eigenvalue weighted by Gasteiger charge is 2.17. The van der Waals surface area contributed by atoms with Crippen molar-refractivity contribution in [2.24, 2.45) is 0 Å². The van der Waals surface area contributed by atoms with E-state index in [0.717, 1.165) is 10.2 Å². The van der Waals surface area contributed by atoms with Crippen LogP contribution in [0.25, 0.3) is 0 Å². The minimum atomic E-state index is -0.703. The second-order valence-electron chi connectivity index (χ2n) is 6.62. The van der Waals surface area contributed by atoms with E-state index in [1.807, 2.05) is 0 Å². The standard InChI is InChI=1S/C21H17Cl3N4O4/c1-11-7-16(17(32-2)8-13(11)22)27-20(30)12-5-3-4-6-15(12)26-18(29)10-28-21(31)19(24)14(23)9-25-28/h3-9H,10H2,1-2H3,(H,26,29)(H,27,30). The van der Waals surface area contributed by atoms with E-state index in [9.17, 15) is 14.4 Å². The summed E-state index contributed by atoms with van der Waals surface area (Å²) in [6.45, 7) is 1.38. The van der Waals surface area contributed by atoms with Crippen molar-refractivity contribution in [3.05, 3.63) is 79.1 Å². The van der Waals surface area contributed by atoms with Crippen LogP contribution in [-0.2, 0) is 11.3 Å². The number of halogens is 3. The van der Waals surface area contributed by atoms with Gasteiger partial charge in [0.05, 0.1) is 35.3 Å². The molecule has 32 heavy (non-hydrogen) atoms. The second kappa shape index (κ2) is 10.0. The zero-order valence-corrected chi connectivity index (χ0v) is 19.2. The summed E-state index contributed by atoms with van der Waals surface area (Å²) in [7, 11) is 1.46. The molecule has 0 saturated heterocycles. The van der Waals surface area contributed by atoms with Gasteiger partial charge in [-0.05, 0) is 30.7 Å². The normalized spacial score (nSPS) is 10.5. The Labute approximate surface area is 198 Å². The quantitative estimate of drug-likeness (QED) is 0.527. The third kappa shape index (κ3) is 5.21. The van der Waals surface area contributed by atoms with Gasteiger partial charge in [0.2, 0.25) is 5.91 Å². The number of methoxy groups -OCH3 is 1. The lowest BCUT2D eigenvalue weighted by molar-refractivity contribution is -0.117. The van der Waals surface area contributed by atoms with Gasteiger partial charge in [-0.2, -0.15) is 5.10 Å². The molecule has 11 heteroatoms. The van der Waals surface area contributed by atoms with Crippen LogP contribution in [0.1, 0.15) is 15.9 Å². The first-order chi connectivity index (χ1) is 15.2. The van der Waals surface area contributed by atoms with Crippen molar-refractivity contribution in [1.82, 2.24) is 9.78 Å². The van der Waals surface area contributed by atoms with Gasteiger partial charge in [0.15, 0.2) is 0 Å². The molecule has 0 aliphatic carbocycles. The Kier molecular flexibility index (Phi) is 7.40. The number of rotatable bonds is 6. The third-order valence-corrected chi connectivity index (χ3v) is 5.57. The number of amides is 2. The van der Waals surface area contributed by atoms with Crippen LogP contribution in [0, 0.1) is 6.92 Å². The third-order valence-electron chi connectivity index (χ3n) is 4.41. The predicted octanol–water partition coefficient (Wildman–Crippen LogP) is 4.41. The van der Waals surface area contributed by atoms with Crippen LogP contribution in [0.4, 0.5) is 11.4 Å². The van der Waals surface area contributed by atoms with Gasteiger partial charge in [-0.1, -0.05) is 46.9 Å². The number of hydrogen-bond donors (Lipinski definition) is 2. The maximum absolute atomic E-state index is 12.9. The number of aryl methyl sites for hydroxylation is 1. The first-order valence-electron chi connectivity index (χ1n) is 9.16. The van der Waals surface area contributed by atoms with E-state index in [4.69, 9.17) is 39.5 Å². The van der Waals surface area contributed by atoms with Gasteiger partial charge in [-0.25, -0.2) is 4.68 Å². The van der Waals surface area contributed by atoms with Crippen LogP contribution in [0.3, 0.4) is 0 Å². The lowest BCUT2D eigenvalue weighted by Gasteiger charge is -2.14. The van der Waals surface area contributed by atoms with Crippen molar-refractivity contribution in [3.8, 4) is 5.75 Å². The summed E-state index contributed by atoms with van der Waals surface area (Å²) in [5, 5.41) is 9.41. The number of ether oxygens (including phenoxy) is 1. The van der Waals surface area contributed by atoms with Gasteiger partial charge < -0.3 is 15.4 Å². The van der Waals surface area contributed by atoms with Gasteiger partial charge in [0.25, 0.3) is 11.5 Å². The highest BCUT2D eigenvalue weighted by molar-refractivity contribution is 6.41. The monoisotopic (exact) mass is 494 g/mol. The molecule has 0 atom stereocenters. The molecule has 3 rings (SSSR count). The van der Waals surface area contributed by atoms with Crippen molar-refractivity contribution < 1.29 is 14.3 Å². The molecule has 166 valence electrons. The van der Waals surface area contributed by atoms with Crippen LogP contribution in [-0.4, -0.2) is 28.7 Å². The van der Waals surface area contributed by atoms with Crippen LogP contribution >= 0.6 is 34.8 Å². The molecule has 3 aromatic rings. The molecule has 8 nitrogen and oxygen atoms in total. The fraction of sp³-hybridized carbons (Fsp3) is 0.143. The van der Waals surface area contributed by atoms with E-state index >= 15 is 0 Å². The lowest BCUT2D eigenvalue weighted by atomic mass is 10.1. The molecule has 0 aliphatic heterocycles. The molecule has 1 heterocycles. The molecule has 0 bridgehead atoms. The van der Waals surface area contributed by atoms with Crippen molar-refractivity contribution in [1.29, 1.82) is 0 Å². The van der Waals surface area contributed by atoms with Crippen molar-refractivity contribution in [2.75, 3.05) is 17.7 Å². The maximum Gasteiger partial charge on any atom is 0.287 e. The van der Waals surface area contributed by atoms with E-state index in [-0.39, 0.29) is 21.3 Å². The van der Waals surface area contributed by atoms with Gasteiger partial charge in [-0.15, -0.1) is 0 Å². The molecule has 0 fully saturated rings. The molecule has 1 aromatic heterocycles. The summed E-state index contributed by atoms with van der Waals surface area (Å²) >= 11 is 17.7. The molecule has 0 saturated carbocycles. The number of hydrogen-bond acceptors (Lipinski definition) is 5.